The third-order valence-corrected chi connectivity index (χ3v) is 3.07. The van der Waals surface area contributed by atoms with Gasteiger partial charge in [-0.3, -0.25) is 5.43 Å². The molecule has 0 heterocycles. The van der Waals surface area contributed by atoms with E-state index in [9.17, 15) is 0 Å². The second-order valence-electron chi connectivity index (χ2n) is 4.33. The lowest BCUT2D eigenvalue weighted by atomic mass is 9.03. The molecule has 1 aromatic carbocycles. The second-order valence-corrected chi connectivity index (χ2v) is 4.33. The third kappa shape index (κ3) is 2.97. The summed E-state index contributed by atoms with van der Waals surface area (Å²) in [6.45, 7) is 6.82. The lowest BCUT2D eigenvalue weighted by molar-refractivity contribution is 1.30. The molecule has 0 radical (unpaired) electrons. The summed E-state index contributed by atoms with van der Waals surface area (Å²) >= 11 is 0. The van der Waals surface area contributed by atoms with E-state index in [0.717, 1.165) is 5.69 Å². The van der Waals surface area contributed by atoms with Crippen molar-refractivity contribution >= 4 is 46.4 Å². The Morgan fingerprint density at radius 1 is 1.38 bits per heavy atom. The molecule has 1 rings (SSSR count). The first kappa shape index (κ1) is 13.0. The zero-order valence-electron chi connectivity index (χ0n) is 11.0. The average Bonchev–Trinajstić information content (AvgIpc) is 2.28. The first-order chi connectivity index (χ1) is 7.60. The van der Waals surface area contributed by atoms with E-state index < -0.39 is 0 Å². The van der Waals surface area contributed by atoms with Crippen LogP contribution < -0.4 is 10.9 Å². The fourth-order valence-corrected chi connectivity index (χ4v) is 1.84. The van der Waals surface area contributed by atoms with Gasteiger partial charge in [0.1, 0.15) is 0 Å². The van der Waals surface area contributed by atoms with Crippen molar-refractivity contribution in [1.29, 1.82) is 0 Å². The summed E-state index contributed by atoms with van der Waals surface area (Å²) in [6.07, 6.45) is 1.76. The van der Waals surface area contributed by atoms with Gasteiger partial charge in [-0.05, 0) is 32.4 Å². The van der Waals surface area contributed by atoms with Crippen LogP contribution >= 0.6 is 0 Å². The summed E-state index contributed by atoms with van der Waals surface area (Å²) in [5, 5.41) is 4.06. The Hall–Kier alpha value is -1.05. The monoisotopic (exact) mass is 210 g/mol. The Balaban J connectivity index is 3.06. The number of hydrogen-bond acceptors (Lipinski definition) is 2. The van der Waals surface area contributed by atoms with Gasteiger partial charge in [0.05, 0.1) is 34.7 Å². The molecule has 0 bridgehead atoms. The summed E-state index contributed by atoms with van der Waals surface area (Å²) in [4.78, 5) is 0. The molecule has 0 saturated heterocycles. The number of aryl methyl sites for hydroxylation is 2. The molecule has 0 unspecified atom stereocenters. The van der Waals surface area contributed by atoms with Crippen molar-refractivity contribution in [2.24, 2.45) is 5.10 Å². The van der Waals surface area contributed by atoms with Crippen LogP contribution in [0.25, 0.3) is 0 Å². The van der Waals surface area contributed by atoms with E-state index in [1.54, 1.807) is 6.21 Å². The smallest absolute Gasteiger partial charge is 0.0963 e. The molecule has 16 heavy (non-hydrogen) atoms. The second kappa shape index (κ2) is 5.88. The molecular weight excluding hydrogens is 191 g/mol. The minimum Gasteiger partial charge on any atom is -0.279 e. The normalized spacial score (nSPS) is 10.4. The van der Waals surface area contributed by atoms with Crippen molar-refractivity contribution in [3.63, 3.8) is 0 Å². The molecule has 80 valence electrons. The Bertz CT molecular complexity index is 393. The first-order valence-electron chi connectivity index (χ1n) is 5.95. The predicted molar refractivity (Wildman–Crippen MR) is 83.3 cm³/mol. The largest absolute Gasteiger partial charge is 0.279 e. The SMILES string of the molecule is BBB(B)c1cc(C)c(NN=CC)cc1C. The standard InChI is InChI=1S/C10H18B4N2/c1-4-15-16-10-6-7(2)9(5-8(10)3)14(12)13-11/h4-6,13,16H,11-12H2,1-3H3. The Labute approximate surface area is 101 Å². The lowest BCUT2D eigenvalue weighted by Crippen LogP contribution is -2.39. The zero-order chi connectivity index (χ0) is 12.1. The lowest BCUT2D eigenvalue weighted by Gasteiger charge is -2.14. The van der Waals surface area contributed by atoms with E-state index in [4.69, 9.17) is 0 Å². The minimum atomic E-state index is 0.627. The Morgan fingerprint density at radius 3 is 2.62 bits per heavy atom. The fourth-order valence-electron chi connectivity index (χ4n) is 1.84. The van der Waals surface area contributed by atoms with Gasteiger partial charge < -0.3 is 0 Å². The van der Waals surface area contributed by atoms with Crippen molar-refractivity contribution in [2.75, 3.05) is 5.43 Å². The number of nitrogens with zero attached hydrogens (tertiary/aromatic N) is 1. The first-order valence-corrected chi connectivity index (χ1v) is 5.95. The van der Waals surface area contributed by atoms with Crippen molar-refractivity contribution in [3.05, 3.63) is 23.3 Å². The van der Waals surface area contributed by atoms with Crippen LogP contribution in [0.5, 0.6) is 0 Å². The average molecular weight is 210 g/mol. The fraction of sp³-hybridized carbons (Fsp3) is 0.300. The summed E-state index contributed by atoms with van der Waals surface area (Å²) in [6, 6.07) is 4.46. The highest BCUT2D eigenvalue weighted by Crippen LogP contribution is 2.15. The Kier molecular flexibility index (Phi) is 4.78. The molecule has 0 aliphatic rings. The maximum absolute atomic E-state index is 4.06. The molecule has 0 amide bonds. The Morgan fingerprint density at radius 2 is 2.06 bits per heavy atom. The summed E-state index contributed by atoms with van der Waals surface area (Å²) in [5.74, 6) is 0. The van der Waals surface area contributed by atoms with Gasteiger partial charge in [0.2, 0.25) is 0 Å². The molecule has 0 atom stereocenters. The summed E-state index contributed by atoms with van der Waals surface area (Å²) in [7, 11) is 5.69. The topological polar surface area (TPSA) is 24.4 Å². The molecular formula is C10H18B4N2. The van der Waals surface area contributed by atoms with E-state index in [1.807, 2.05) is 6.92 Å². The van der Waals surface area contributed by atoms with Crippen molar-refractivity contribution in [1.82, 2.24) is 0 Å². The van der Waals surface area contributed by atoms with Gasteiger partial charge in [-0.2, -0.15) is 5.10 Å². The molecule has 1 N–H and O–H groups in total. The van der Waals surface area contributed by atoms with Crippen LogP contribution in [0.2, 0.25) is 0 Å². The number of benzene rings is 1. The van der Waals surface area contributed by atoms with E-state index >= 15 is 0 Å². The van der Waals surface area contributed by atoms with E-state index in [-0.39, 0.29) is 0 Å². The molecule has 0 fully saturated rings. The van der Waals surface area contributed by atoms with E-state index in [0.29, 0.717) is 6.49 Å². The number of hydrazone groups is 1. The number of nitrogens with one attached hydrogen (secondary N) is 1. The van der Waals surface area contributed by atoms with Gasteiger partial charge in [-0.15, -0.1) is 0 Å². The highest BCUT2D eigenvalue weighted by molar-refractivity contribution is 7.50. The van der Waals surface area contributed by atoms with Crippen LogP contribution in [-0.2, 0) is 0 Å². The molecule has 0 aliphatic carbocycles. The molecule has 0 aliphatic heterocycles. The highest BCUT2D eigenvalue weighted by atomic mass is 15.3. The van der Waals surface area contributed by atoms with Crippen LogP contribution in [0.1, 0.15) is 18.1 Å². The molecule has 0 saturated carbocycles. The molecule has 0 spiro atoms. The van der Waals surface area contributed by atoms with Crippen LogP contribution in [0.4, 0.5) is 5.69 Å². The number of rotatable bonds is 4. The van der Waals surface area contributed by atoms with Gasteiger partial charge in [-0.1, -0.05) is 17.1 Å². The molecule has 2 nitrogen and oxygen atoms in total. The van der Waals surface area contributed by atoms with Gasteiger partial charge >= 0.3 is 0 Å². The van der Waals surface area contributed by atoms with Crippen molar-refractivity contribution in [3.8, 4) is 0 Å². The van der Waals surface area contributed by atoms with Crippen molar-refractivity contribution in [2.45, 2.75) is 20.8 Å². The predicted octanol–water partition coefficient (Wildman–Crippen LogP) is -0.966. The van der Waals surface area contributed by atoms with Gasteiger partial charge in [0.15, 0.2) is 0 Å². The van der Waals surface area contributed by atoms with Crippen LogP contribution in [0.15, 0.2) is 17.2 Å². The maximum atomic E-state index is 4.06. The van der Waals surface area contributed by atoms with E-state index in [2.05, 4.69) is 52.0 Å². The van der Waals surface area contributed by atoms with Gasteiger partial charge in [0, 0.05) is 6.21 Å². The highest BCUT2D eigenvalue weighted by Gasteiger charge is 2.12. The van der Waals surface area contributed by atoms with Crippen LogP contribution in [-0.4, -0.2) is 35.2 Å². The van der Waals surface area contributed by atoms with E-state index in [1.165, 1.54) is 23.7 Å². The number of hydrogen-bond donors (Lipinski definition) is 1. The summed E-state index contributed by atoms with van der Waals surface area (Å²) in [5.41, 5.74) is 8.20. The molecule has 1 aromatic rings. The molecule has 6 heteroatoms. The molecule has 0 aromatic heterocycles. The zero-order valence-corrected chi connectivity index (χ0v) is 11.0. The van der Waals surface area contributed by atoms with Crippen LogP contribution in [0.3, 0.4) is 0 Å². The van der Waals surface area contributed by atoms with Crippen LogP contribution in [0, 0.1) is 13.8 Å². The quantitative estimate of drug-likeness (QED) is 0.385. The third-order valence-electron chi connectivity index (χ3n) is 3.07. The van der Waals surface area contributed by atoms with Gasteiger partial charge in [-0.25, -0.2) is 0 Å². The van der Waals surface area contributed by atoms with Crippen molar-refractivity contribution < 1.29 is 0 Å². The maximum Gasteiger partial charge on any atom is 0.0963 e. The minimum absolute atomic E-state index is 0.627. The van der Waals surface area contributed by atoms with Gasteiger partial charge in [0.25, 0.3) is 0 Å². The summed E-state index contributed by atoms with van der Waals surface area (Å²) < 4.78 is 0. The number of anilines is 1.